The molecule has 0 N–H and O–H groups in total. The fourth-order valence-electron chi connectivity index (χ4n) is 1.96. The fourth-order valence-corrected chi connectivity index (χ4v) is 1.96. The molecule has 22 heavy (non-hydrogen) atoms. The molecule has 1 rings (SSSR count). The SMILES string of the molecule is C=CC(=C\N=C(/C)CC)/C(C=C)=N/C=C(\C)CC(=C)C1CC1. The average Bonchev–Trinajstić information content (AvgIpc) is 3.34. The van der Waals surface area contributed by atoms with Gasteiger partial charge in [0.25, 0.3) is 0 Å². The fraction of sp³-hybridized carbons (Fsp3) is 0.400. The van der Waals surface area contributed by atoms with Crippen molar-refractivity contribution >= 4 is 11.4 Å². The highest BCUT2D eigenvalue weighted by Crippen LogP contribution is 2.38. The summed E-state index contributed by atoms with van der Waals surface area (Å²) in [6.45, 7) is 18.0. The van der Waals surface area contributed by atoms with Gasteiger partial charge in [-0.25, -0.2) is 0 Å². The number of allylic oxidation sites excluding steroid dienone is 5. The summed E-state index contributed by atoms with van der Waals surface area (Å²) in [4.78, 5) is 8.95. The maximum Gasteiger partial charge on any atom is 0.0711 e. The summed E-state index contributed by atoms with van der Waals surface area (Å²) in [5, 5.41) is 0. The van der Waals surface area contributed by atoms with Gasteiger partial charge in [0.1, 0.15) is 0 Å². The quantitative estimate of drug-likeness (QED) is 0.291. The van der Waals surface area contributed by atoms with E-state index >= 15 is 0 Å². The molecule has 0 aliphatic heterocycles. The first-order valence-electron chi connectivity index (χ1n) is 7.91. The number of hydrogen-bond acceptors (Lipinski definition) is 2. The third kappa shape index (κ3) is 6.21. The van der Waals surface area contributed by atoms with E-state index in [1.54, 1.807) is 18.4 Å². The lowest BCUT2D eigenvalue weighted by Gasteiger charge is -2.04. The first-order chi connectivity index (χ1) is 10.5. The van der Waals surface area contributed by atoms with Gasteiger partial charge >= 0.3 is 0 Å². The van der Waals surface area contributed by atoms with E-state index in [-0.39, 0.29) is 0 Å². The number of rotatable bonds is 9. The molecule has 0 radical (unpaired) electrons. The predicted molar refractivity (Wildman–Crippen MR) is 99.6 cm³/mol. The number of aliphatic imine (C=N–C) groups is 2. The van der Waals surface area contributed by atoms with Crippen LogP contribution in [0.1, 0.15) is 46.5 Å². The van der Waals surface area contributed by atoms with Crippen LogP contribution in [0, 0.1) is 5.92 Å². The second-order valence-corrected chi connectivity index (χ2v) is 5.81. The highest BCUT2D eigenvalue weighted by atomic mass is 14.7. The lowest BCUT2D eigenvalue weighted by atomic mass is 10.1. The Hall–Kier alpha value is -1.96. The average molecular weight is 296 g/mol. The molecular weight excluding hydrogens is 268 g/mol. The summed E-state index contributed by atoms with van der Waals surface area (Å²) in [6.07, 6.45) is 11.7. The van der Waals surface area contributed by atoms with Crippen molar-refractivity contribution in [1.29, 1.82) is 0 Å². The molecule has 0 heterocycles. The van der Waals surface area contributed by atoms with Crippen LogP contribution in [0.15, 0.2) is 71.0 Å². The van der Waals surface area contributed by atoms with E-state index in [1.807, 2.05) is 13.1 Å². The van der Waals surface area contributed by atoms with E-state index in [9.17, 15) is 0 Å². The van der Waals surface area contributed by atoms with Gasteiger partial charge in [-0.3, -0.25) is 9.98 Å². The van der Waals surface area contributed by atoms with E-state index in [0.29, 0.717) is 0 Å². The standard InChI is InChI=1S/C20H28N2/c1-7-17(6)21-14-18(8-2)20(9-3)22-13-15(4)12-16(5)19-10-11-19/h8-9,13-14,19H,2-3,5,7,10-12H2,1,4,6H3/b15-13+,18-14+,21-17+,22-20+. The molecule has 0 unspecified atom stereocenters. The van der Waals surface area contributed by atoms with Gasteiger partial charge in [0, 0.05) is 23.7 Å². The molecule has 2 nitrogen and oxygen atoms in total. The maximum absolute atomic E-state index is 4.54. The van der Waals surface area contributed by atoms with Crippen LogP contribution >= 0.6 is 0 Å². The Labute approximate surface area is 135 Å². The summed E-state index contributed by atoms with van der Waals surface area (Å²) in [7, 11) is 0. The van der Waals surface area contributed by atoms with E-state index < -0.39 is 0 Å². The van der Waals surface area contributed by atoms with Crippen LogP contribution in [0.4, 0.5) is 0 Å². The summed E-state index contributed by atoms with van der Waals surface area (Å²) in [6, 6.07) is 0. The molecule has 0 saturated heterocycles. The Morgan fingerprint density at radius 3 is 2.27 bits per heavy atom. The van der Waals surface area contributed by atoms with Gasteiger partial charge in [-0.05, 0) is 51.5 Å². The Balaban J connectivity index is 2.84. The van der Waals surface area contributed by atoms with Gasteiger partial charge < -0.3 is 0 Å². The topological polar surface area (TPSA) is 24.7 Å². The molecule has 1 saturated carbocycles. The van der Waals surface area contributed by atoms with E-state index in [4.69, 9.17) is 0 Å². The Kier molecular flexibility index (Phi) is 7.51. The second kappa shape index (κ2) is 9.14. The molecule has 0 amide bonds. The van der Waals surface area contributed by atoms with Crippen molar-refractivity contribution in [2.75, 3.05) is 0 Å². The number of nitrogens with zero attached hydrogens (tertiary/aromatic N) is 2. The molecule has 2 heteroatoms. The molecule has 0 bridgehead atoms. The molecule has 0 aromatic rings. The first-order valence-corrected chi connectivity index (χ1v) is 7.91. The van der Waals surface area contributed by atoms with Crippen molar-refractivity contribution in [3.05, 3.63) is 61.0 Å². The zero-order valence-corrected chi connectivity index (χ0v) is 14.2. The van der Waals surface area contributed by atoms with Crippen LogP contribution in [0.25, 0.3) is 0 Å². The van der Waals surface area contributed by atoms with Crippen molar-refractivity contribution in [2.45, 2.75) is 46.5 Å². The Morgan fingerprint density at radius 2 is 1.77 bits per heavy atom. The monoisotopic (exact) mass is 296 g/mol. The highest BCUT2D eigenvalue weighted by Gasteiger charge is 2.23. The minimum absolute atomic E-state index is 0.737. The largest absolute Gasteiger partial charge is 0.265 e. The van der Waals surface area contributed by atoms with Crippen molar-refractivity contribution in [3.8, 4) is 0 Å². The van der Waals surface area contributed by atoms with E-state index in [2.05, 4.69) is 43.6 Å². The summed E-state index contributed by atoms with van der Waals surface area (Å²) in [5.74, 6) is 0.737. The summed E-state index contributed by atoms with van der Waals surface area (Å²) < 4.78 is 0. The van der Waals surface area contributed by atoms with Crippen molar-refractivity contribution in [3.63, 3.8) is 0 Å². The third-order valence-electron chi connectivity index (χ3n) is 3.73. The van der Waals surface area contributed by atoms with E-state index in [0.717, 1.165) is 35.8 Å². The molecule has 1 aliphatic carbocycles. The molecular formula is C20H28N2. The Bertz CT molecular complexity index is 552. The summed E-state index contributed by atoms with van der Waals surface area (Å²) in [5.41, 5.74) is 5.29. The smallest absolute Gasteiger partial charge is 0.0711 e. The maximum atomic E-state index is 4.54. The second-order valence-electron chi connectivity index (χ2n) is 5.81. The third-order valence-corrected chi connectivity index (χ3v) is 3.73. The van der Waals surface area contributed by atoms with Crippen molar-refractivity contribution in [2.24, 2.45) is 15.9 Å². The van der Waals surface area contributed by atoms with Gasteiger partial charge in [-0.2, -0.15) is 0 Å². The lowest BCUT2D eigenvalue weighted by molar-refractivity contribution is 0.928. The minimum atomic E-state index is 0.737. The Morgan fingerprint density at radius 1 is 1.09 bits per heavy atom. The zero-order valence-electron chi connectivity index (χ0n) is 14.2. The van der Waals surface area contributed by atoms with Crippen molar-refractivity contribution < 1.29 is 0 Å². The van der Waals surface area contributed by atoms with Gasteiger partial charge in [0.05, 0.1) is 5.71 Å². The minimum Gasteiger partial charge on any atom is -0.265 e. The molecule has 0 atom stereocenters. The first kappa shape index (κ1) is 18.1. The van der Waals surface area contributed by atoms with Crippen LogP contribution in [-0.4, -0.2) is 11.4 Å². The normalized spacial score (nSPS) is 17.4. The molecule has 0 aromatic carbocycles. The van der Waals surface area contributed by atoms with Gasteiger partial charge in [-0.15, -0.1) is 0 Å². The molecule has 118 valence electrons. The van der Waals surface area contributed by atoms with Gasteiger partial charge in [0.15, 0.2) is 0 Å². The van der Waals surface area contributed by atoms with Gasteiger partial charge in [0.2, 0.25) is 0 Å². The van der Waals surface area contributed by atoms with E-state index in [1.165, 1.54) is 24.0 Å². The summed E-state index contributed by atoms with van der Waals surface area (Å²) >= 11 is 0. The zero-order chi connectivity index (χ0) is 16.5. The van der Waals surface area contributed by atoms with Crippen LogP contribution in [0.2, 0.25) is 0 Å². The van der Waals surface area contributed by atoms with Crippen LogP contribution in [-0.2, 0) is 0 Å². The molecule has 1 fully saturated rings. The lowest BCUT2D eigenvalue weighted by Crippen LogP contribution is -1.96. The van der Waals surface area contributed by atoms with Crippen LogP contribution < -0.4 is 0 Å². The molecule has 0 spiro atoms. The van der Waals surface area contributed by atoms with Crippen LogP contribution in [0.5, 0.6) is 0 Å². The number of hydrogen-bond donors (Lipinski definition) is 0. The van der Waals surface area contributed by atoms with Gasteiger partial charge in [-0.1, -0.05) is 43.9 Å². The highest BCUT2D eigenvalue weighted by molar-refractivity contribution is 6.10. The molecule has 1 aliphatic rings. The van der Waals surface area contributed by atoms with Crippen molar-refractivity contribution in [1.82, 2.24) is 0 Å². The van der Waals surface area contributed by atoms with Crippen LogP contribution in [0.3, 0.4) is 0 Å². The predicted octanol–water partition coefficient (Wildman–Crippen LogP) is 5.81. The molecule has 0 aromatic heterocycles.